The number of nitro groups is 1. The Morgan fingerprint density at radius 1 is 1.36 bits per heavy atom. The van der Waals surface area contributed by atoms with Gasteiger partial charge in [0.05, 0.1) is 16.6 Å². The second kappa shape index (κ2) is 6.98. The summed E-state index contributed by atoms with van der Waals surface area (Å²) in [5.74, 6) is -1.66. The predicted molar refractivity (Wildman–Crippen MR) is 85.1 cm³/mol. The number of carbonyl (C=O) groups excluding carboxylic acids is 3. The predicted octanol–water partition coefficient (Wildman–Crippen LogP) is 0.876. The number of amides is 3. The van der Waals surface area contributed by atoms with Crippen LogP contribution in [0.15, 0.2) is 18.2 Å². The van der Waals surface area contributed by atoms with E-state index in [0.29, 0.717) is 13.2 Å². The molecule has 3 rings (SSSR count). The van der Waals surface area contributed by atoms with Gasteiger partial charge in [-0.25, -0.2) is 0 Å². The van der Waals surface area contributed by atoms with E-state index in [0.717, 1.165) is 17.7 Å². The number of hydrogen-bond donors (Lipinski definition) is 1. The molecule has 1 atom stereocenters. The lowest BCUT2D eigenvalue weighted by atomic mass is 10.1. The van der Waals surface area contributed by atoms with Crippen molar-refractivity contribution < 1.29 is 24.0 Å². The molecule has 1 fully saturated rings. The Morgan fingerprint density at radius 3 is 2.84 bits per heavy atom. The third kappa shape index (κ3) is 3.36. The first-order valence-corrected chi connectivity index (χ1v) is 8.01. The molecule has 0 saturated carbocycles. The van der Waals surface area contributed by atoms with Crippen LogP contribution >= 0.6 is 0 Å². The van der Waals surface area contributed by atoms with Crippen LogP contribution in [0.3, 0.4) is 0 Å². The van der Waals surface area contributed by atoms with Crippen LogP contribution in [-0.2, 0) is 9.53 Å². The Hall–Kier alpha value is -2.81. The zero-order valence-corrected chi connectivity index (χ0v) is 13.4. The first-order chi connectivity index (χ1) is 12.0. The zero-order chi connectivity index (χ0) is 18.0. The van der Waals surface area contributed by atoms with E-state index in [1.165, 1.54) is 18.2 Å². The van der Waals surface area contributed by atoms with Crippen molar-refractivity contribution in [2.75, 3.05) is 19.7 Å². The quantitative estimate of drug-likeness (QED) is 0.463. The highest BCUT2D eigenvalue weighted by atomic mass is 16.6. The summed E-state index contributed by atoms with van der Waals surface area (Å²) in [6, 6.07) is 3.92. The van der Waals surface area contributed by atoms with E-state index in [1.807, 2.05) is 0 Å². The number of nitrogens with one attached hydrogen (secondary N) is 1. The van der Waals surface area contributed by atoms with Crippen molar-refractivity contribution in [3.8, 4) is 0 Å². The highest BCUT2D eigenvalue weighted by molar-refractivity contribution is 6.23. The summed E-state index contributed by atoms with van der Waals surface area (Å²) < 4.78 is 5.40. The number of benzene rings is 1. The van der Waals surface area contributed by atoms with Crippen molar-refractivity contribution in [2.24, 2.45) is 0 Å². The molecule has 2 heterocycles. The second-order valence-electron chi connectivity index (χ2n) is 5.91. The Balaban J connectivity index is 1.61. The number of carbonyl (C=O) groups is 3. The standard InChI is InChI=1S/C16H17N3O6/c20-13(17-9-10-3-2-8-25-10)6-7-18-15(21)11-4-1-5-12(19(23)24)14(11)16(18)22/h1,4-5,10H,2-3,6-9H2,(H,17,20)/t10-/m0/s1. The molecule has 9 heteroatoms. The molecule has 9 nitrogen and oxygen atoms in total. The van der Waals surface area contributed by atoms with Crippen molar-refractivity contribution in [3.05, 3.63) is 39.4 Å². The average molecular weight is 347 g/mol. The first kappa shape index (κ1) is 17.0. The van der Waals surface area contributed by atoms with Gasteiger partial charge in [0.15, 0.2) is 0 Å². The van der Waals surface area contributed by atoms with Crippen LogP contribution in [0, 0.1) is 10.1 Å². The van der Waals surface area contributed by atoms with E-state index in [1.54, 1.807) is 0 Å². The normalized spacial score (nSPS) is 19.2. The SMILES string of the molecule is O=C(CCN1C(=O)c2cccc([N+](=O)[O-])c2C1=O)NC[C@@H]1CCCO1. The fourth-order valence-electron chi connectivity index (χ4n) is 3.01. The fraction of sp³-hybridized carbons (Fsp3) is 0.438. The van der Waals surface area contributed by atoms with E-state index in [9.17, 15) is 24.5 Å². The van der Waals surface area contributed by atoms with Crippen LogP contribution < -0.4 is 5.32 Å². The molecule has 1 aromatic carbocycles. The maximum Gasteiger partial charge on any atom is 0.282 e. The Morgan fingerprint density at radius 2 is 2.16 bits per heavy atom. The minimum absolute atomic E-state index is 0.000959. The van der Waals surface area contributed by atoms with Crippen LogP contribution in [-0.4, -0.2) is 53.3 Å². The van der Waals surface area contributed by atoms with E-state index in [2.05, 4.69) is 5.32 Å². The lowest BCUT2D eigenvalue weighted by molar-refractivity contribution is -0.385. The van der Waals surface area contributed by atoms with Gasteiger partial charge in [-0.2, -0.15) is 0 Å². The summed E-state index contributed by atoms with van der Waals surface area (Å²) in [5, 5.41) is 13.8. The molecule has 1 N–H and O–H groups in total. The van der Waals surface area contributed by atoms with Crippen LogP contribution in [0.1, 0.15) is 40.0 Å². The summed E-state index contributed by atoms with van der Waals surface area (Å²) in [4.78, 5) is 47.8. The number of nitro benzene ring substituents is 1. The summed E-state index contributed by atoms with van der Waals surface area (Å²) in [6.45, 7) is 0.960. The third-order valence-corrected chi connectivity index (χ3v) is 4.29. The molecule has 132 valence electrons. The van der Waals surface area contributed by atoms with Gasteiger partial charge >= 0.3 is 0 Å². The van der Waals surface area contributed by atoms with Gasteiger partial charge in [0.2, 0.25) is 5.91 Å². The average Bonchev–Trinajstić information content (AvgIpc) is 3.19. The van der Waals surface area contributed by atoms with E-state index < -0.39 is 22.4 Å². The number of ether oxygens (including phenoxy) is 1. The van der Waals surface area contributed by atoms with Crippen LogP contribution in [0.25, 0.3) is 0 Å². The molecule has 3 amide bonds. The Kier molecular flexibility index (Phi) is 4.75. The van der Waals surface area contributed by atoms with Crippen LogP contribution in [0.5, 0.6) is 0 Å². The van der Waals surface area contributed by atoms with Crippen LogP contribution in [0.4, 0.5) is 5.69 Å². The number of hydrogen-bond acceptors (Lipinski definition) is 6. The number of nitrogens with zero attached hydrogens (tertiary/aromatic N) is 2. The third-order valence-electron chi connectivity index (χ3n) is 4.29. The number of fused-ring (bicyclic) bond motifs is 1. The van der Waals surface area contributed by atoms with E-state index >= 15 is 0 Å². The monoisotopic (exact) mass is 347 g/mol. The smallest absolute Gasteiger partial charge is 0.282 e. The number of imide groups is 1. The summed E-state index contributed by atoms with van der Waals surface area (Å²) in [5.41, 5.74) is -0.614. The summed E-state index contributed by atoms with van der Waals surface area (Å²) in [7, 11) is 0. The molecule has 0 unspecified atom stereocenters. The first-order valence-electron chi connectivity index (χ1n) is 8.01. The molecule has 0 aliphatic carbocycles. The van der Waals surface area contributed by atoms with Gasteiger partial charge in [-0.15, -0.1) is 0 Å². The van der Waals surface area contributed by atoms with E-state index in [-0.39, 0.29) is 36.1 Å². The van der Waals surface area contributed by atoms with Gasteiger partial charge in [0, 0.05) is 32.2 Å². The van der Waals surface area contributed by atoms with Gasteiger partial charge < -0.3 is 10.1 Å². The Labute approximate surface area is 143 Å². The van der Waals surface area contributed by atoms with Gasteiger partial charge in [-0.05, 0) is 18.9 Å². The summed E-state index contributed by atoms with van der Waals surface area (Å²) >= 11 is 0. The van der Waals surface area contributed by atoms with Crippen molar-refractivity contribution in [1.82, 2.24) is 10.2 Å². The molecule has 1 saturated heterocycles. The molecule has 25 heavy (non-hydrogen) atoms. The largest absolute Gasteiger partial charge is 0.376 e. The van der Waals surface area contributed by atoms with Gasteiger partial charge in [0.1, 0.15) is 5.56 Å². The highest BCUT2D eigenvalue weighted by Gasteiger charge is 2.40. The van der Waals surface area contributed by atoms with Gasteiger partial charge in [-0.1, -0.05) is 6.07 Å². The maximum absolute atomic E-state index is 12.4. The minimum atomic E-state index is -0.737. The fourth-order valence-corrected chi connectivity index (χ4v) is 3.01. The molecule has 2 aliphatic rings. The van der Waals surface area contributed by atoms with Crippen molar-refractivity contribution in [1.29, 1.82) is 0 Å². The molecule has 0 spiro atoms. The molecule has 0 bridgehead atoms. The van der Waals surface area contributed by atoms with Crippen molar-refractivity contribution in [2.45, 2.75) is 25.4 Å². The van der Waals surface area contributed by atoms with Crippen molar-refractivity contribution >= 4 is 23.4 Å². The molecule has 0 aromatic heterocycles. The Bertz CT molecular complexity index is 741. The van der Waals surface area contributed by atoms with Gasteiger partial charge in [-0.3, -0.25) is 29.4 Å². The zero-order valence-electron chi connectivity index (χ0n) is 13.4. The molecule has 1 aromatic rings. The summed E-state index contributed by atoms with van der Waals surface area (Å²) in [6.07, 6.45) is 1.80. The van der Waals surface area contributed by atoms with E-state index in [4.69, 9.17) is 4.74 Å². The lowest BCUT2D eigenvalue weighted by Crippen LogP contribution is -2.36. The topological polar surface area (TPSA) is 119 Å². The lowest BCUT2D eigenvalue weighted by Gasteiger charge is -2.14. The highest BCUT2D eigenvalue weighted by Crippen LogP contribution is 2.30. The van der Waals surface area contributed by atoms with Crippen molar-refractivity contribution in [3.63, 3.8) is 0 Å². The molecule has 0 radical (unpaired) electrons. The molecular formula is C16H17N3O6. The van der Waals surface area contributed by atoms with Crippen LogP contribution in [0.2, 0.25) is 0 Å². The molecule has 2 aliphatic heterocycles. The second-order valence-corrected chi connectivity index (χ2v) is 5.91. The van der Waals surface area contributed by atoms with Gasteiger partial charge in [0.25, 0.3) is 17.5 Å². The number of rotatable bonds is 6. The molecular weight excluding hydrogens is 330 g/mol. The minimum Gasteiger partial charge on any atom is -0.376 e. The maximum atomic E-state index is 12.4.